The quantitative estimate of drug-likeness (QED) is 0.0928. The summed E-state index contributed by atoms with van der Waals surface area (Å²) in [5.41, 5.74) is -0.955. The highest BCUT2D eigenvalue weighted by atomic mass is 32.2. The number of halogens is 5. The molecule has 0 saturated carbocycles. The summed E-state index contributed by atoms with van der Waals surface area (Å²) in [6.45, 7) is 3.94. The fourth-order valence-corrected chi connectivity index (χ4v) is 5.06. The molecular weight excluding hydrogens is 647 g/mol. The molecule has 1 aliphatic heterocycles. The van der Waals surface area contributed by atoms with Crippen LogP contribution in [0, 0.1) is 16.4 Å². The first-order valence-electron chi connectivity index (χ1n) is 14.1. The van der Waals surface area contributed by atoms with Crippen LogP contribution >= 0.6 is 0 Å². The van der Waals surface area contributed by atoms with Crippen molar-refractivity contribution in [3.05, 3.63) is 84.1 Å². The minimum Gasteiger partial charge on any atom is -0.440 e. The lowest BCUT2D eigenvalue weighted by atomic mass is 10.1. The number of carbonyl (C=O) groups excluding carboxylic acids is 1. The van der Waals surface area contributed by atoms with Crippen LogP contribution < -0.4 is 21.3 Å². The number of carbonyl (C=O) groups is 1. The van der Waals surface area contributed by atoms with Crippen molar-refractivity contribution in [2.24, 2.45) is 0 Å². The number of hydrogen-bond acceptors (Lipinski definition) is 10. The first kappa shape index (κ1) is 33.5. The van der Waals surface area contributed by atoms with E-state index >= 15 is 4.39 Å². The zero-order valence-electron chi connectivity index (χ0n) is 24.5. The van der Waals surface area contributed by atoms with Crippen molar-refractivity contribution in [1.29, 1.82) is 4.78 Å². The van der Waals surface area contributed by atoms with Crippen LogP contribution in [0.15, 0.2) is 71.8 Å². The molecule has 5 rings (SSSR count). The molecule has 0 spiro atoms. The molecule has 0 radical (unpaired) electrons. The molecular formula is C30H28F5N8O3S-. The minimum absolute atomic E-state index is 0.174. The van der Waals surface area contributed by atoms with E-state index < -0.39 is 45.7 Å². The van der Waals surface area contributed by atoms with Gasteiger partial charge in [-0.3, -0.25) is 4.90 Å². The zero-order chi connectivity index (χ0) is 33.6. The van der Waals surface area contributed by atoms with Gasteiger partial charge in [0.2, 0.25) is 5.95 Å². The number of alkyl halides is 3. The highest BCUT2D eigenvalue weighted by molar-refractivity contribution is 7.73. The van der Waals surface area contributed by atoms with Gasteiger partial charge in [-0.05, 0) is 42.0 Å². The van der Waals surface area contributed by atoms with Gasteiger partial charge in [0.25, 0.3) is 0 Å². The largest absolute Gasteiger partial charge is 0.440 e. The molecule has 4 aromatic rings. The molecule has 5 N–H and O–H groups in total. The van der Waals surface area contributed by atoms with Gasteiger partial charge in [0, 0.05) is 43.6 Å². The van der Waals surface area contributed by atoms with Crippen LogP contribution in [0.1, 0.15) is 5.56 Å². The van der Waals surface area contributed by atoms with Gasteiger partial charge in [-0.1, -0.05) is 29.2 Å². The fourth-order valence-electron chi connectivity index (χ4n) is 4.62. The number of aromatic nitrogens is 2. The summed E-state index contributed by atoms with van der Waals surface area (Å²) >= 11 is 0. The second-order valence-electron chi connectivity index (χ2n) is 10.2. The lowest BCUT2D eigenvalue weighted by Crippen LogP contribution is -2.39. The highest BCUT2D eigenvalue weighted by Crippen LogP contribution is 2.33. The molecule has 2 heterocycles. The third-order valence-corrected chi connectivity index (χ3v) is 7.67. The molecule has 1 saturated heterocycles. The van der Waals surface area contributed by atoms with E-state index in [2.05, 4.69) is 30.8 Å². The Morgan fingerprint density at radius 2 is 1.74 bits per heavy atom. The summed E-state index contributed by atoms with van der Waals surface area (Å²) in [6.07, 6.45) is -3.30. The maximum absolute atomic E-state index is 15.2. The Bertz CT molecular complexity index is 1830. The van der Waals surface area contributed by atoms with Gasteiger partial charge in [0.05, 0.1) is 30.2 Å². The molecule has 1 aromatic heterocycles. The van der Waals surface area contributed by atoms with Crippen LogP contribution in [-0.2, 0) is 25.7 Å². The van der Waals surface area contributed by atoms with Crippen molar-refractivity contribution in [1.82, 2.24) is 14.9 Å². The first-order valence-corrected chi connectivity index (χ1v) is 15.3. The summed E-state index contributed by atoms with van der Waals surface area (Å²) in [5, 5.41) is 10.4. The lowest BCUT2D eigenvalue weighted by Gasteiger charge is -2.26. The van der Waals surface area contributed by atoms with Gasteiger partial charge >= 0.3 is 12.2 Å². The Balaban J connectivity index is 1.35. The average molecular weight is 676 g/mol. The Kier molecular flexibility index (Phi) is 10.5. The molecule has 1 fully saturated rings. The van der Waals surface area contributed by atoms with E-state index in [0.717, 1.165) is 19.2 Å². The second kappa shape index (κ2) is 14.7. The van der Waals surface area contributed by atoms with Crippen LogP contribution in [0.4, 0.5) is 55.6 Å². The van der Waals surface area contributed by atoms with E-state index in [1.807, 2.05) is 5.32 Å². The monoisotopic (exact) mass is 675 g/mol. The Morgan fingerprint density at radius 3 is 2.47 bits per heavy atom. The normalized spacial score (nSPS) is 13.7. The smallest absolute Gasteiger partial charge is 0.416 e. The molecule has 0 atom stereocenters. The Morgan fingerprint density at radius 1 is 0.979 bits per heavy atom. The van der Waals surface area contributed by atoms with E-state index in [1.165, 1.54) is 24.4 Å². The number of morpholine rings is 1. The van der Waals surface area contributed by atoms with Crippen LogP contribution in [-0.4, -0.2) is 60.3 Å². The molecule has 0 unspecified atom stereocenters. The van der Waals surface area contributed by atoms with Gasteiger partial charge in [0.15, 0.2) is 0 Å². The predicted molar refractivity (Wildman–Crippen MR) is 166 cm³/mol. The number of urea groups is 1. The van der Waals surface area contributed by atoms with Crippen LogP contribution in [0.3, 0.4) is 0 Å². The summed E-state index contributed by atoms with van der Waals surface area (Å²) in [5.74, 6) is -1.46. The first-order chi connectivity index (χ1) is 22.5. The third kappa shape index (κ3) is 8.90. The van der Waals surface area contributed by atoms with Crippen molar-refractivity contribution in [3.8, 4) is 11.1 Å². The summed E-state index contributed by atoms with van der Waals surface area (Å²) in [7, 11) is -1.94. The van der Waals surface area contributed by atoms with Crippen molar-refractivity contribution in [2.75, 3.05) is 60.7 Å². The number of hydrogen-bond donors (Lipinski definition) is 5. The van der Waals surface area contributed by atoms with E-state index in [9.17, 15) is 26.6 Å². The van der Waals surface area contributed by atoms with Gasteiger partial charge in [-0.15, -0.1) is 0 Å². The topological polar surface area (TPSA) is 144 Å². The molecule has 0 bridgehead atoms. The molecule has 47 heavy (non-hydrogen) atoms. The Hall–Kier alpha value is -4.87. The van der Waals surface area contributed by atoms with Crippen LogP contribution in [0.25, 0.3) is 11.1 Å². The molecule has 248 valence electrons. The van der Waals surface area contributed by atoms with E-state index in [-0.39, 0.29) is 16.5 Å². The molecule has 11 nitrogen and oxygen atoms in total. The number of ether oxygens (including phenoxy) is 1. The Labute approximate surface area is 267 Å². The van der Waals surface area contributed by atoms with Crippen molar-refractivity contribution in [3.63, 3.8) is 0 Å². The number of benzene rings is 3. The van der Waals surface area contributed by atoms with Crippen molar-refractivity contribution < 1.29 is 35.7 Å². The highest BCUT2D eigenvalue weighted by Gasteiger charge is 2.31. The molecule has 2 amide bonds. The number of nitrogens with zero attached hydrogens (tertiary/aromatic N) is 3. The van der Waals surface area contributed by atoms with Gasteiger partial charge < -0.3 is 35.0 Å². The maximum Gasteiger partial charge on any atom is 0.416 e. The van der Waals surface area contributed by atoms with Crippen molar-refractivity contribution >= 4 is 45.5 Å². The molecule has 1 aliphatic rings. The van der Waals surface area contributed by atoms with E-state index in [0.29, 0.717) is 67.1 Å². The summed E-state index contributed by atoms with van der Waals surface area (Å²) in [4.78, 5) is 23.8. The molecule has 3 aromatic carbocycles. The minimum atomic E-state index is -4.76. The zero-order valence-corrected chi connectivity index (χ0v) is 25.3. The van der Waals surface area contributed by atoms with Gasteiger partial charge in [-0.25, -0.2) is 18.6 Å². The molecule has 17 heteroatoms. The number of rotatable bonds is 10. The van der Waals surface area contributed by atoms with E-state index in [4.69, 9.17) is 9.52 Å². The standard InChI is InChI=1S/C30H28F5N8O3S/c31-23-6-5-19(30(33,34)35)15-26(23)41-29(44)40-25-7-4-18(14-24(25)32)22-17-38-28(39-20-2-1-3-21(16-20)47(36)45)42-27(22)37-8-9-43-10-12-46-13-11-43/h1-7,14-17,36H,8-13H2,(H2,40,41,44)(H2,37,38,39,42)/q-1. The van der Waals surface area contributed by atoms with Gasteiger partial charge in [0.1, 0.15) is 17.5 Å². The third-order valence-electron chi connectivity index (χ3n) is 6.99. The number of anilines is 5. The summed E-state index contributed by atoms with van der Waals surface area (Å²) in [6, 6.07) is 10.6. The summed E-state index contributed by atoms with van der Waals surface area (Å²) < 4.78 is 92.8. The second-order valence-corrected chi connectivity index (χ2v) is 11.2. The SMILES string of the molecule is N=[S-](=O)c1cccc(Nc2ncc(-c3ccc(NC(=O)Nc4cc(C(F)(F)F)ccc4F)c(F)c3)c(NCCN3CCOCC3)n2)c1. The maximum atomic E-state index is 15.2. The van der Waals surface area contributed by atoms with E-state index in [1.54, 1.807) is 18.2 Å². The van der Waals surface area contributed by atoms with Crippen molar-refractivity contribution in [2.45, 2.75) is 11.1 Å². The average Bonchev–Trinajstić information content (AvgIpc) is 3.03. The number of nitrogens with one attached hydrogen (secondary N) is 5. The number of amides is 2. The van der Waals surface area contributed by atoms with Crippen LogP contribution in [0.2, 0.25) is 0 Å². The van der Waals surface area contributed by atoms with Crippen LogP contribution in [0.5, 0.6) is 0 Å². The lowest BCUT2D eigenvalue weighted by molar-refractivity contribution is -0.137. The fraction of sp³-hybridized carbons (Fsp3) is 0.233. The predicted octanol–water partition coefficient (Wildman–Crippen LogP) is 6.66. The molecule has 0 aliphatic carbocycles. The van der Waals surface area contributed by atoms with Gasteiger partial charge in [-0.2, -0.15) is 28.8 Å².